The fourth-order valence-corrected chi connectivity index (χ4v) is 5.26. The minimum Gasteiger partial charge on any atom is -0.293 e. The molecule has 0 bridgehead atoms. The van der Waals surface area contributed by atoms with Crippen LogP contribution in [0.4, 0.5) is 8.78 Å². The number of benzene rings is 2. The van der Waals surface area contributed by atoms with Crippen molar-refractivity contribution in [3.63, 3.8) is 0 Å². The second-order valence-corrected chi connectivity index (χ2v) is 9.62. The highest BCUT2D eigenvalue weighted by atomic mass is 35.5. The molecule has 0 saturated heterocycles. The van der Waals surface area contributed by atoms with Gasteiger partial charge in [0.2, 0.25) is 10.0 Å². The van der Waals surface area contributed by atoms with Gasteiger partial charge in [-0.05, 0) is 54.2 Å². The van der Waals surface area contributed by atoms with Crippen LogP contribution in [0.1, 0.15) is 42.5 Å². The van der Waals surface area contributed by atoms with Crippen molar-refractivity contribution in [2.75, 3.05) is 12.3 Å². The van der Waals surface area contributed by atoms with Crippen molar-refractivity contribution in [2.45, 2.75) is 32.1 Å². The van der Waals surface area contributed by atoms with Crippen molar-refractivity contribution >= 4 is 27.4 Å². The molecular weight excluding hydrogens is 420 g/mol. The molecule has 0 heterocycles. The monoisotopic (exact) mass is 441 g/mol. The number of halogens is 3. The van der Waals surface area contributed by atoms with Crippen LogP contribution in [0, 0.1) is 17.6 Å². The van der Waals surface area contributed by atoms with Gasteiger partial charge in [0.15, 0.2) is 11.6 Å². The molecule has 0 amide bonds. The fraction of sp³-hybridized carbons (Fsp3) is 0.381. The molecule has 1 saturated carbocycles. The molecule has 1 aliphatic carbocycles. The average molecular weight is 442 g/mol. The number of hydrogen-bond acceptors (Lipinski definition) is 3. The molecule has 1 N–H and O–H groups in total. The maximum absolute atomic E-state index is 14.4. The van der Waals surface area contributed by atoms with Crippen LogP contribution in [0.25, 0.3) is 11.1 Å². The SMILES string of the molecule is O=C(CNS(=O)(=O)CC1CCCCC1)c1cc(-c2cccc(F)c2)cc(Cl)c1F. The topological polar surface area (TPSA) is 63.2 Å². The lowest BCUT2D eigenvalue weighted by Crippen LogP contribution is -2.34. The van der Waals surface area contributed by atoms with E-state index in [9.17, 15) is 22.0 Å². The van der Waals surface area contributed by atoms with Crippen LogP contribution in [0.2, 0.25) is 5.02 Å². The first-order chi connectivity index (χ1) is 13.7. The molecule has 8 heteroatoms. The van der Waals surface area contributed by atoms with Gasteiger partial charge in [-0.2, -0.15) is 0 Å². The highest BCUT2D eigenvalue weighted by Crippen LogP contribution is 2.29. The zero-order valence-corrected chi connectivity index (χ0v) is 17.3. The summed E-state index contributed by atoms with van der Waals surface area (Å²) < 4.78 is 54.7. The molecule has 2 aromatic carbocycles. The molecule has 156 valence electrons. The average Bonchev–Trinajstić information content (AvgIpc) is 2.68. The third-order valence-electron chi connectivity index (χ3n) is 5.12. The maximum Gasteiger partial charge on any atom is 0.212 e. The first-order valence-electron chi connectivity index (χ1n) is 9.51. The Morgan fingerprint density at radius 3 is 2.48 bits per heavy atom. The summed E-state index contributed by atoms with van der Waals surface area (Å²) in [7, 11) is -3.65. The number of rotatable bonds is 7. The smallest absolute Gasteiger partial charge is 0.212 e. The fourth-order valence-electron chi connectivity index (χ4n) is 3.62. The molecule has 4 nitrogen and oxygen atoms in total. The van der Waals surface area contributed by atoms with E-state index in [-0.39, 0.29) is 22.3 Å². The van der Waals surface area contributed by atoms with Crippen molar-refractivity contribution in [3.05, 3.63) is 58.6 Å². The zero-order chi connectivity index (χ0) is 21.0. The number of Topliss-reactive ketones (excluding diaryl/α,β-unsaturated/α-hetero) is 1. The highest BCUT2D eigenvalue weighted by molar-refractivity contribution is 7.89. The lowest BCUT2D eigenvalue weighted by Gasteiger charge is -2.21. The normalized spacial score (nSPS) is 15.4. The molecule has 0 aliphatic heterocycles. The number of ketones is 1. The van der Waals surface area contributed by atoms with Gasteiger partial charge in [-0.1, -0.05) is 43.0 Å². The number of nitrogens with one attached hydrogen (secondary N) is 1. The van der Waals surface area contributed by atoms with Gasteiger partial charge in [0, 0.05) is 0 Å². The van der Waals surface area contributed by atoms with E-state index < -0.39 is 34.0 Å². The van der Waals surface area contributed by atoms with Crippen molar-refractivity contribution in [1.82, 2.24) is 4.72 Å². The predicted molar refractivity (Wildman–Crippen MR) is 109 cm³/mol. The van der Waals surface area contributed by atoms with Crippen LogP contribution in [-0.2, 0) is 10.0 Å². The van der Waals surface area contributed by atoms with Crippen LogP contribution < -0.4 is 4.72 Å². The molecule has 1 aliphatic rings. The first kappa shape index (κ1) is 21.9. The van der Waals surface area contributed by atoms with Crippen LogP contribution >= 0.6 is 11.6 Å². The molecule has 29 heavy (non-hydrogen) atoms. The number of sulfonamides is 1. The summed E-state index contributed by atoms with van der Waals surface area (Å²) >= 11 is 5.91. The second-order valence-electron chi connectivity index (χ2n) is 7.36. The number of hydrogen-bond donors (Lipinski definition) is 1. The lowest BCUT2D eigenvalue weighted by molar-refractivity contribution is 0.0993. The van der Waals surface area contributed by atoms with E-state index in [2.05, 4.69) is 4.72 Å². The minimum atomic E-state index is -3.65. The summed E-state index contributed by atoms with van der Waals surface area (Å²) in [6, 6.07) is 8.16. The number of carbonyl (C=O) groups excluding carboxylic acids is 1. The van der Waals surface area contributed by atoms with Crippen molar-refractivity contribution in [2.24, 2.45) is 5.92 Å². The largest absolute Gasteiger partial charge is 0.293 e. The Kier molecular flexibility index (Phi) is 7.03. The van der Waals surface area contributed by atoms with Gasteiger partial charge >= 0.3 is 0 Å². The third-order valence-corrected chi connectivity index (χ3v) is 6.89. The summed E-state index contributed by atoms with van der Waals surface area (Å²) in [5.41, 5.74) is 0.459. The predicted octanol–water partition coefficient (Wildman–Crippen LogP) is 4.97. The minimum absolute atomic E-state index is 0.0349. The lowest BCUT2D eigenvalue weighted by atomic mass is 9.91. The molecule has 1 fully saturated rings. The summed E-state index contributed by atoms with van der Waals surface area (Å²) in [5.74, 6) is -2.10. The van der Waals surface area contributed by atoms with E-state index >= 15 is 0 Å². The summed E-state index contributed by atoms with van der Waals surface area (Å²) in [5, 5.41) is -0.292. The quantitative estimate of drug-likeness (QED) is 0.617. The molecule has 2 aromatic rings. The molecule has 0 radical (unpaired) electrons. The summed E-state index contributed by atoms with van der Waals surface area (Å²) in [6.45, 7) is -0.561. The number of carbonyl (C=O) groups is 1. The molecular formula is C21H22ClF2NO3S. The highest BCUT2D eigenvalue weighted by Gasteiger charge is 2.23. The molecule has 0 aromatic heterocycles. The molecule has 0 unspecified atom stereocenters. The first-order valence-corrected chi connectivity index (χ1v) is 11.5. The molecule has 0 atom stereocenters. The summed E-state index contributed by atoms with van der Waals surface area (Å²) in [4.78, 5) is 12.5. The van der Waals surface area contributed by atoms with Gasteiger partial charge in [0.05, 0.1) is 22.9 Å². The van der Waals surface area contributed by atoms with Gasteiger partial charge in [0.1, 0.15) is 5.82 Å². The van der Waals surface area contributed by atoms with Gasteiger partial charge in [-0.15, -0.1) is 0 Å². The molecule has 0 spiro atoms. The van der Waals surface area contributed by atoms with Crippen molar-refractivity contribution in [1.29, 1.82) is 0 Å². The van der Waals surface area contributed by atoms with Gasteiger partial charge < -0.3 is 0 Å². The van der Waals surface area contributed by atoms with E-state index in [0.717, 1.165) is 32.1 Å². The van der Waals surface area contributed by atoms with Crippen LogP contribution in [0.15, 0.2) is 36.4 Å². The Morgan fingerprint density at radius 2 is 1.79 bits per heavy atom. The Balaban J connectivity index is 1.74. The van der Waals surface area contributed by atoms with E-state index in [1.807, 2.05) is 0 Å². The van der Waals surface area contributed by atoms with Crippen LogP contribution in [-0.4, -0.2) is 26.5 Å². The van der Waals surface area contributed by atoms with E-state index in [0.29, 0.717) is 11.1 Å². The Bertz CT molecular complexity index is 1000. The van der Waals surface area contributed by atoms with Gasteiger partial charge in [-0.3, -0.25) is 4.79 Å². The van der Waals surface area contributed by atoms with E-state index in [4.69, 9.17) is 11.6 Å². The maximum atomic E-state index is 14.4. The summed E-state index contributed by atoms with van der Waals surface area (Å²) in [6.07, 6.45) is 4.85. The molecule has 3 rings (SSSR count). The van der Waals surface area contributed by atoms with Gasteiger partial charge in [0.25, 0.3) is 0 Å². The third kappa shape index (κ3) is 5.84. The second kappa shape index (κ2) is 9.32. The Hall–Kier alpha value is -1.83. The van der Waals surface area contributed by atoms with Crippen molar-refractivity contribution in [3.8, 4) is 11.1 Å². The zero-order valence-electron chi connectivity index (χ0n) is 15.8. The van der Waals surface area contributed by atoms with E-state index in [1.54, 1.807) is 6.07 Å². The van der Waals surface area contributed by atoms with Crippen LogP contribution in [0.3, 0.4) is 0 Å². The van der Waals surface area contributed by atoms with Gasteiger partial charge in [-0.25, -0.2) is 21.9 Å². The van der Waals surface area contributed by atoms with Crippen LogP contribution in [0.5, 0.6) is 0 Å². The van der Waals surface area contributed by atoms with Crippen molar-refractivity contribution < 1.29 is 22.0 Å². The Morgan fingerprint density at radius 1 is 1.07 bits per heavy atom. The van der Waals surface area contributed by atoms with E-state index in [1.165, 1.54) is 30.3 Å². The Labute approximate surface area is 174 Å². The standard InChI is InChI=1S/C21H22ClF2NO3S/c22-19-11-16(15-7-4-8-17(23)9-15)10-18(21(19)24)20(26)12-25-29(27,28)13-14-5-2-1-3-6-14/h4,7-11,14,25H,1-3,5-6,12-13H2.